The van der Waals surface area contributed by atoms with Crippen molar-refractivity contribution >= 4 is 72.7 Å². The van der Waals surface area contributed by atoms with Gasteiger partial charge < -0.3 is 18.3 Å². The Hall–Kier alpha value is -10.4. The average molecular weight is 1080 g/mol. The first-order valence-corrected chi connectivity index (χ1v) is 29.6. The van der Waals surface area contributed by atoms with Gasteiger partial charge in [-0.2, -0.15) is 10.5 Å². The Morgan fingerprint density at radius 2 is 0.976 bits per heavy atom. The Morgan fingerprint density at radius 3 is 1.67 bits per heavy atom. The minimum absolute atomic E-state index is 0.122. The van der Waals surface area contributed by atoms with Crippen LogP contribution in [-0.2, 0) is 24.7 Å². The first-order valence-electron chi connectivity index (χ1n) is 29.6. The zero-order valence-corrected chi connectivity index (χ0v) is 47.3. The Morgan fingerprint density at radius 1 is 0.417 bits per heavy atom. The third kappa shape index (κ3) is 7.27. The summed E-state index contributed by atoms with van der Waals surface area (Å²) in [7, 11) is 0. The molecule has 0 aliphatic heterocycles. The lowest BCUT2D eigenvalue weighted by Gasteiger charge is -2.28. The highest BCUT2D eigenvalue weighted by molar-refractivity contribution is 6.25. The van der Waals surface area contributed by atoms with E-state index in [2.05, 4.69) is 276 Å². The van der Waals surface area contributed by atoms with Crippen LogP contribution in [0, 0.1) is 22.7 Å². The van der Waals surface area contributed by atoms with Crippen molar-refractivity contribution in [3.05, 3.63) is 257 Å². The molecule has 0 saturated carbocycles. The van der Waals surface area contributed by atoms with Crippen molar-refractivity contribution in [2.24, 2.45) is 0 Å². The van der Waals surface area contributed by atoms with Gasteiger partial charge in [0.05, 0.1) is 44.6 Å². The van der Waals surface area contributed by atoms with Crippen LogP contribution in [0.5, 0.6) is 0 Å². The molecule has 0 radical (unpaired) electrons. The molecule has 0 atom stereocenters. The van der Waals surface area contributed by atoms with Crippen molar-refractivity contribution in [2.45, 2.75) is 64.7 Å². The minimum Gasteiger partial charge on any atom is -0.312 e. The van der Waals surface area contributed by atoms with E-state index in [0.717, 1.165) is 166 Å². The molecule has 16 rings (SSSR count). The van der Waals surface area contributed by atoms with Gasteiger partial charge in [0, 0.05) is 72.0 Å². The fraction of sp³-hybridized carbons (Fsp3) is 0.128. The van der Waals surface area contributed by atoms with Crippen molar-refractivity contribution in [3.63, 3.8) is 0 Å². The van der Waals surface area contributed by atoms with Gasteiger partial charge in [-0.3, -0.25) is 0 Å². The third-order valence-electron chi connectivity index (χ3n) is 18.2. The van der Waals surface area contributed by atoms with Gasteiger partial charge >= 0.3 is 0 Å². The zero-order valence-electron chi connectivity index (χ0n) is 47.3. The van der Waals surface area contributed by atoms with Crippen LogP contribution in [0.3, 0.4) is 0 Å². The second-order valence-electron chi connectivity index (χ2n) is 23.8. The maximum absolute atomic E-state index is 12.9. The van der Waals surface area contributed by atoms with Crippen molar-refractivity contribution in [1.29, 1.82) is 10.5 Å². The summed E-state index contributed by atoms with van der Waals surface area (Å²) in [5.41, 5.74) is 23.3. The Bertz CT molecular complexity index is 5090. The lowest BCUT2D eigenvalue weighted by atomic mass is 9.85. The highest BCUT2D eigenvalue weighted by Gasteiger charge is 2.36. The van der Waals surface area contributed by atoms with E-state index >= 15 is 0 Å². The zero-order chi connectivity index (χ0) is 56.4. The van der Waals surface area contributed by atoms with E-state index < -0.39 is 0 Å². The van der Waals surface area contributed by atoms with E-state index in [0.29, 0.717) is 16.8 Å². The van der Waals surface area contributed by atoms with E-state index in [1.807, 2.05) is 0 Å². The van der Waals surface area contributed by atoms with Crippen LogP contribution in [0.25, 0.3) is 129 Å². The molecule has 4 aromatic heterocycles. The van der Waals surface area contributed by atoms with Gasteiger partial charge in [0.2, 0.25) is 0 Å². The molecule has 6 heteroatoms. The van der Waals surface area contributed by atoms with Gasteiger partial charge in [-0.15, -0.1) is 0 Å². The summed E-state index contributed by atoms with van der Waals surface area (Å²) in [6, 6.07) is 73.8. The van der Waals surface area contributed by atoms with E-state index in [4.69, 9.17) is 0 Å². The molecule has 9 aromatic carbocycles. The Labute approximate surface area is 488 Å². The lowest BCUT2D eigenvalue weighted by molar-refractivity contribution is 0.590. The number of rotatable bonds is 7. The number of aromatic nitrogens is 4. The molecule has 0 spiro atoms. The highest BCUT2D eigenvalue weighted by atomic mass is 15.1. The first-order chi connectivity index (χ1) is 41.3. The largest absolute Gasteiger partial charge is 0.312 e. The van der Waals surface area contributed by atoms with Crippen LogP contribution in [0.4, 0.5) is 0 Å². The minimum atomic E-state index is -0.122. The summed E-state index contributed by atoms with van der Waals surface area (Å²) in [5, 5.41) is 31.2. The third-order valence-corrected chi connectivity index (χ3v) is 18.2. The van der Waals surface area contributed by atoms with Gasteiger partial charge in [-0.1, -0.05) is 197 Å². The molecule has 0 amide bonds. The van der Waals surface area contributed by atoms with Crippen LogP contribution in [-0.4, -0.2) is 18.3 Å². The number of benzene rings is 9. The molecule has 3 aliphatic rings. The fourth-order valence-corrected chi connectivity index (χ4v) is 14.5. The summed E-state index contributed by atoms with van der Waals surface area (Å²) in [6.45, 7) is 6.75. The number of hydrogen-bond acceptors (Lipinski definition) is 2. The summed E-state index contributed by atoms with van der Waals surface area (Å²) < 4.78 is 9.67. The molecular formula is C78H58N6. The molecule has 0 fully saturated rings. The standard InChI is InChI=1S/C78H58N6/c1-78(2,3)53-42-39-51(40-43-53)71-76(82-65-34-18-13-29-55(65)56-30-14-19-35-66(56)82)63(47-79)73(64(48-80)77(71)83-67-36-20-15-31-57(67)58-32-16-21-37-68(58)83)84-70-44-41-52(49-23-7-4-8-24-49)45-61(70)62-46-60(50-25-9-5-10-26-50)74-72(75(62)84)59-33-17-22-38-69(59)81(74)54-27-11-6-12-28-54/h4-15,17-18,20-21,23-31,33-34,36-37,39-46H,16,19,22,32,35,38H2,1-3H3. The SMILES string of the molecule is CC(C)(C)c1ccc(-c2c(-n3c4c(c5ccccc53)CCC=C4)c(C#N)c(-n3c4ccc(-c5ccccc5)cc4c4cc(-c5ccccc5)c5c(c6c(n5-c5ccccc5)CCC=C6)c43)c(C#N)c2-n2c3c(c4ccccc42)C=CCC3)cc1. The van der Waals surface area contributed by atoms with Crippen molar-refractivity contribution < 1.29 is 0 Å². The summed E-state index contributed by atoms with van der Waals surface area (Å²) in [5.74, 6) is 0. The van der Waals surface area contributed by atoms with Crippen molar-refractivity contribution in [1.82, 2.24) is 18.3 Å². The molecule has 84 heavy (non-hydrogen) atoms. The smallest absolute Gasteiger partial charge is 0.104 e. The number of para-hydroxylation sites is 3. The van der Waals surface area contributed by atoms with Gasteiger partial charge in [-0.05, 0) is 126 Å². The molecule has 0 saturated heterocycles. The highest BCUT2D eigenvalue weighted by Crippen LogP contribution is 2.53. The number of nitrogens with zero attached hydrogens (tertiary/aromatic N) is 6. The van der Waals surface area contributed by atoms with Gasteiger partial charge in [0.1, 0.15) is 23.3 Å². The van der Waals surface area contributed by atoms with E-state index in [9.17, 15) is 10.5 Å². The number of fused-ring (bicyclic) bond motifs is 13. The maximum atomic E-state index is 12.9. The Kier molecular flexibility index (Phi) is 11.2. The molecule has 0 unspecified atom stereocenters. The molecule has 4 heterocycles. The molecule has 6 nitrogen and oxygen atoms in total. The topological polar surface area (TPSA) is 67.3 Å². The second-order valence-corrected chi connectivity index (χ2v) is 23.8. The van der Waals surface area contributed by atoms with Crippen LogP contribution in [0.2, 0.25) is 0 Å². The van der Waals surface area contributed by atoms with Crippen LogP contribution >= 0.6 is 0 Å². The lowest BCUT2D eigenvalue weighted by Crippen LogP contribution is -2.16. The van der Waals surface area contributed by atoms with Crippen molar-refractivity contribution in [3.8, 4) is 68.3 Å². The van der Waals surface area contributed by atoms with E-state index in [1.54, 1.807) is 0 Å². The van der Waals surface area contributed by atoms with Gasteiger partial charge in [0.25, 0.3) is 0 Å². The summed E-state index contributed by atoms with van der Waals surface area (Å²) in [6.07, 6.45) is 18.9. The normalized spacial score (nSPS) is 13.7. The van der Waals surface area contributed by atoms with Crippen LogP contribution in [0.1, 0.15) is 90.5 Å². The maximum Gasteiger partial charge on any atom is 0.104 e. The quantitative estimate of drug-likeness (QED) is 0.160. The second kappa shape index (κ2) is 19.1. The number of allylic oxidation sites excluding steroid dienone is 3. The monoisotopic (exact) mass is 1080 g/mol. The first kappa shape index (κ1) is 49.4. The predicted octanol–water partition coefficient (Wildman–Crippen LogP) is 19.5. The van der Waals surface area contributed by atoms with Crippen LogP contribution < -0.4 is 0 Å². The predicted molar refractivity (Wildman–Crippen MR) is 348 cm³/mol. The molecule has 400 valence electrons. The molecule has 3 aliphatic carbocycles. The average Bonchev–Trinajstić information content (AvgIpc) is 1.92. The fourth-order valence-electron chi connectivity index (χ4n) is 14.5. The van der Waals surface area contributed by atoms with Crippen molar-refractivity contribution in [2.75, 3.05) is 0 Å². The summed E-state index contributed by atoms with van der Waals surface area (Å²) in [4.78, 5) is 0. The Balaban J connectivity index is 1.19. The van der Waals surface area contributed by atoms with Gasteiger partial charge in [0.15, 0.2) is 0 Å². The number of aryl methyl sites for hydroxylation is 1. The molecule has 13 aromatic rings. The van der Waals surface area contributed by atoms with E-state index in [1.165, 1.54) is 16.8 Å². The molecule has 0 N–H and O–H groups in total. The van der Waals surface area contributed by atoms with Crippen LogP contribution in [0.15, 0.2) is 206 Å². The van der Waals surface area contributed by atoms with E-state index in [-0.39, 0.29) is 5.41 Å². The number of nitriles is 2. The molecule has 0 bridgehead atoms. The van der Waals surface area contributed by atoms with Gasteiger partial charge in [-0.25, -0.2) is 0 Å². The summed E-state index contributed by atoms with van der Waals surface area (Å²) >= 11 is 0. The molecular weight excluding hydrogens is 1020 g/mol. The number of hydrogen-bond donors (Lipinski definition) is 0.